The quantitative estimate of drug-likeness (QED) is 0.659. The van der Waals surface area contributed by atoms with E-state index in [1.165, 1.54) is 7.11 Å². The molecule has 5 heteroatoms. The van der Waals surface area contributed by atoms with E-state index in [4.69, 9.17) is 4.74 Å². The molecule has 0 heterocycles. The molecule has 100 valence electrons. The van der Waals surface area contributed by atoms with E-state index < -0.39 is 6.10 Å². The number of rotatable bonds is 7. The molecule has 0 fully saturated rings. The smallest absolute Gasteiger partial charge is 0.224 e. The van der Waals surface area contributed by atoms with Crippen LogP contribution in [0.1, 0.15) is 12.0 Å². The molecular weight excluding hydrogens is 234 g/mol. The number of methoxy groups -OCH3 is 1. The van der Waals surface area contributed by atoms with Crippen molar-refractivity contribution in [3.8, 4) is 5.75 Å². The number of ether oxygens (including phenoxy) is 1. The van der Waals surface area contributed by atoms with Crippen molar-refractivity contribution < 1.29 is 19.7 Å². The van der Waals surface area contributed by atoms with E-state index in [2.05, 4.69) is 5.32 Å². The van der Waals surface area contributed by atoms with Crippen LogP contribution < -0.4 is 5.32 Å². The van der Waals surface area contributed by atoms with Crippen LogP contribution in [0.15, 0.2) is 24.3 Å². The van der Waals surface area contributed by atoms with E-state index in [0.29, 0.717) is 18.5 Å². The number of aliphatic hydroxyl groups is 1. The Labute approximate surface area is 106 Å². The lowest BCUT2D eigenvalue weighted by Crippen LogP contribution is -2.29. The Bertz CT molecular complexity index is 381. The number of hydrogen-bond acceptors (Lipinski definition) is 4. The van der Waals surface area contributed by atoms with Gasteiger partial charge in [0.25, 0.3) is 0 Å². The van der Waals surface area contributed by atoms with Crippen LogP contribution in [-0.2, 0) is 16.0 Å². The molecule has 1 amide bonds. The van der Waals surface area contributed by atoms with Crippen LogP contribution in [0.5, 0.6) is 5.75 Å². The van der Waals surface area contributed by atoms with Crippen molar-refractivity contribution in [2.45, 2.75) is 18.9 Å². The number of phenols is 1. The summed E-state index contributed by atoms with van der Waals surface area (Å²) in [6, 6.07) is 6.72. The zero-order valence-corrected chi connectivity index (χ0v) is 10.4. The molecule has 0 aliphatic heterocycles. The number of nitrogens with one attached hydrogen (secondary N) is 1. The maximum atomic E-state index is 11.6. The number of benzene rings is 1. The van der Waals surface area contributed by atoms with Gasteiger partial charge < -0.3 is 20.3 Å². The summed E-state index contributed by atoms with van der Waals surface area (Å²) in [5.41, 5.74) is 0.590. The van der Waals surface area contributed by atoms with Crippen molar-refractivity contribution >= 4 is 5.91 Å². The van der Waals surface area contributed by atoms with Crippen molar-refractivity contribution in [1.29, 1.82) is 0 Å². The first-order chi connectivity index (χ1) is 8.63. The molecule has 1 atom stereocenters. The largest absolute Gasteiger partial charge is 0.508 e. The first-order valence-corrected chi connectivity index (χ1v) is 5.84. The maximum Gasteiger partial charge on any atom is 0.224 e. The highest BCUT2D eigenvalue weighted by atomic mass is 16.5. The third-order valence-electron chi connectivity index (χ3n) is 2.50. The Morgan fingerprint density at radius 3 is 2.83 bits per heavy atom. The second kappa shape index (κ2) is 7.68. The number of hydrogen-bond donors (Lipinski definition) is 3. The van der Waals surface area contributed by atoms with E-state index in [9.17, 15) is 15.0 Å². The zero-order chi connectivity index (χ0) is 13.4. The lowest BCUT2D eigenvalue weighted by Gasteiger charge is -2.10. The second-order valence-electron chi connectivity index (χ2n) is 4.05. The average molecular weight is 253 g/mol. The predicted octanol–water partition coefficient (Wildman–Crippen LogP) is 0.448. The number of amides is 1. The van der Waals surface area contributed by atoms with Crippen LogP contribution in [0.3, 0.4) is 0 Å². The lowest BCUT2D eigenvalue weighted by atomic mass is 10.1. The van der Waals surface area contributed by atoms with Crippen molar-refractivity contribution in [3.05, 3.63) is 29.8 Å². The third kappa shape index (κ3) is 5.16. The molecule has 0 saturated heterocycles. The van der Waals surface area contributed by atoms with Crippen LogP contribution in [0.2, 0.25) is 0 Å². The van der Waals surface area contributed by atoms with Gasteiger partial charge in [-0.1, -0.05) is 18.2 Å². The van der Waals surface area contributed by atoms with E-state index in [0.717, 1.165) is 0 Å². The number of aliphatic hydroxyl groups excluding tert-OH is 1. The lowest BCUT2D eigenvalue weighted by molar-refractivity contribution is -0.120. The van der Waals surface area contributed by atoms with Gasteiger partial charge >= 0.3 is 0 Å². The predicted molar refractivity (Wildman–Crippen MR) is 67.3 cm³/mol. The first-order valence-electron chi connectivity index (χ1n) is 5.84. The van der Waals surface area contributed by atoms with Gasteiger partial charge in [-0.25, -0.2) is 0 Å². The molecule has 1 rings (SSSR count). The number of aromatic hydroxyl groups is 1. The fourth-order valence-corrected chi connectivity index (χ4v) is 1.55. The highest BCUT2D eigenvalue weighted by Gasteiger charge is 2.08. The van der Waals surface area contributed by atoms with Crippen LogP contribution in [0.4, 0.5) is 0 Å². The monoisotopic (exact) mass is 253 g/mol. The van der Waals surface area contributed by atoms with E-state index in [1.807, 2.05) is 0 Å². The summed E-state index contributed by atoms with van der Waals surface area (Å²) < 4.78 is 4.78. The normalized spacial score (nSPS) is 12.1. The molecule has 0 aromatic heterocycles. The molecule has 1 unspecified atom stereocenters. The van der Waals surface area contributed by atoms with E-state index in [1.54, 1.807) is 24.3 Å². The summed E-state index contributed by atoms with van der Waals surface area (Å²) in [6.07, 6.45) is 0.00774. The molecule has 0 radical (unpaired) electrons. The molecule has 0 aliphatic carbocycles. The first kappa shape index (κ1) is 14.5. The summed E-state index contributed by atoms with van der Waals surface area (Å²) in [7, 11) is 1.51. The zero-order valence-electron chi connectivity index (χ0n) is 10.4. The minimum atomic E-state index is -0.569. The van der Waals surface area contributed by atoms with Crippen molar-refractivity contribution in [2.24, 2.45) is 0 Å². The molecule has 5 nitrogen and oxygen atoms in total. The molecular formula is C13H19NO4. The summed E-state index contributed by atoms with van der Waals surface area (Å²) in [4.78, 5) is 11.6. The van der Waals surface area contributed by atoms with Gasteiger partial charge in [-0.15, -0.1) is 0 Å². The minimum absolute atomic E-state index is 0.118. The van der Waals surface area contributed by atoms with Gasteiger partial charge in [0.15, 0.2) is 0 Å². The van der Waals surface area contributed by atoms with Gasteiger partial charge in [-0.05, 0) is 12.5 Å². The van der Waals surface area contributed by atoms with E-state index >= 15 is 0 Å². The Hall–Kier alpha value is -1.59. The van der Waals surface area contributed by atoms with Crippen molar-refractivity contribution in [3.63, 3.8) is 0 Å². The standard InChI is InChI=1S/C13H19NO4/c1-18-9-11(15)6-7-14-13(17)8-10-4-2-3-5-12(10)16/h2-5,11,15-16H,6-9H2,1H3,(H,14,17). The number of para-hydroxylation sites is 1. The Kier molecular flexibility index (Phi) is 6.18. The molecule has 0 aliphatic rings. The Morgan fingerprint density at radius 1 is 1.44 bits per heavy atom. The minimum Gasteiger partial charge on any atom is -0.508 e. The van der Waals surface area contributed by atoms with Gasteiger partial charge in [0, 0.05) is 19.2 Å². The number of carbonyl (C=O) groups excluding carboxylic acids is 1. The highest BCUT2D eigenvalue weighted by molar-refractivity contribution is 5.79. The molecule has 18 heavy (non-hydrogen) atoms. The van der Waals surface area contributed by atoms with Crippen LogP contribution in [0, 0.1) is 0 Å². The van der Waals surface area contributed by atoms with Crippen molar-refractivity contribution in [1.82, 2.24) is 5.32 Å². The SMILES string of the molecule is COCC(O)CCNC(=O)Cc1ccccc1O. The van der Waals surface area contributed by atoms with Gasteiger partial charge in [-0.3, -0.25) is 4.79 Å². The topological polar surface area (TPSA) is 78.8 Å². The fourth-order valence-electron chi connectivity index (χ4n) is 1.55. The number of phenolic OH excluding ortho intramolecular Hbond substituents is 1. The molecule has 3 N–H and O–H groups in total. The number of carbonyl (C=O) groups is 1. The molecule has 0 bridgehead atoms. The van der Waals surface area contributed by atoms with Gasteiger partial charge in [-0.2, -0.15) is 0 Å². The molecule has 1 aromatic carbocycles. The molecule has 0 spiro atoms. The summed E-state index contributed by atoms with van der Waals surface area (Å²) >= 11 is 0. The second-order valence-corrected chi connectivity index (χ2v) is 4.05. The fraction of sp³-hybridized carbons (Fsp3) is 0.462. The van der Waals surface area contributed by atoms with Crippen LogP contribution in [0.25, 0.3) is 0 Å². The van der Waals surface area contributed by atoms with Crippen molar-refractivity contribution in [2.75, 3.05) is 20.3 Å². The summed E-state index contributed by atoms with van der Waals surface area (Å²) in [6.45, 7) is 0.645. The van der Waals surface area contributed by atoms with Gasteiger partial charge in [0.1, 0.15) is 5.75 Å². The Morgan fingerprint density at radius 2 is 2.17 bits per heavy atom. The van der Waals surface area contributed by atoms with Gasteiger partial charge in [0.2, 0.25) is 5.91 Å². The van der Waals surface area contributed by atoms with E-state index in [-0.39, 0.29) is 24.7 Å². The van der Waals surface area contributed by atoms with Gasteiger partial charge in [0.05, 0.1) is 19.1 Å². The molecule has 1 aromatic rings. The average Bonchev–Trinajstić information content (AvgIpc) is 2.32. The summed E-state index contributed by atoms with van der Waals surface area (Å²) in [5, 5.41) is 21.6. The molecule has 0 saturated carbocycles. The van der Waals surface area contributed by atoms with Crippen LogP contribution >= 0.6 is 0 Å². The summed E-state index contributed by atoms with van der Waals surface area (Å²) in [5.74, 6) is -0.0619. The third-order valence-corrected chi connectivity index (χ3v) is 2.50. The maximum absolute atomic E-state index is 11.6. The highest BCUT2D eigenvalue weighted by Crippen LogP contribution is 2.15. The Balaban J connectivity index is 2.28. The van der Waals surface area contributed by atoms with Crippen LogP contribution in [-0.4, -0.2) is 42.5 Å².